The lowest BCUT2D eigenvalue weighted by atomic mass is 10.0. The van der Waals surface area contributed by atoms with Crippen LogP contribution < -0.4 is 10.6 Å². The molecule has 1 fully saturated rings. The lowest BCUT2D eigenvalue weighted by Gasteiger charge is -2.17. The van der Waals surface area contributed by atoms with Crippen molar-refractivity contribution >= 4 is 11.6 Å². The number of anilines is 1. The van der Waals surface area contributed by atoms with Crippen molar-refractivity contribution in [1.29, 1.82) is 0 Å². The lowest BCUT2D eigenvalue weighted by molar-refractivity contribution is -0.120. The van der Waals surface area contributed by atoms with Crippen LogP contribution >= 0.6 is 0 Å². The second-order valence-electron chi connectivity index (χ2n) is 4.16. The van der Waals surface area contributed by atoms with Crippen molar-refractivity contribution in [2.24, 2.45) is 5.92 Å². The third kappa shape index (κ3) is 3.05. The van der Waals surface area contributed by atoms with Crippen molar-refractivity contribution in [2.75, 3.05) is 25.1 Å². The van der Waals surface area contributed by atoms with Crippen molar-refractivity contribution in [1.82, 2.24) is 5.32 Å². The van der Waals surface area contributed by atoms with Crippen LogP contribution in [0, 0.1) is 5.92 Å². The van der Waals surface area contributed by atoms with Crippen LogP contribution in [0.25, 0.3) is 0 Å². The van der Waals surface area contributed by atoms with Crippen molar-refractivity contribution in [3.05, 3.63) is 30.3 Å². The largest absolute Gasteiger partial charge is 0.379 e. The second-order valence-corrected chi connectivity index (χ2v) is 4.16. The number of benzene rings is 1. The third-order valence-corrected chi connectivity index (χ3v) is 2.92. The van der Waals surface area contributed by atoms with Crippen LogP contribution in [0.5, 0.6) is 0 Å². The number of rotatable bonds is 4. The van der Waals surface area contributed by atoms with Crippen LogP contribution in [-0.2, 0) is 9.53 Å². The molecule has 0 saturated carbocycles. The summed E-state index contributed by atoms with van der Waals surface area (Å²) in [5.74, 6) is -0.0743. The van der Waals surface area contributed by atoms with E-state index in [2.05, 4.69) is 10.6 Å². The van der Waals surface area contributed by atoms with Crippen LogP contribution in [0.2, 0.25) is 0 Å². The van der Waals surface area contributed by atoms with Gasteiger partial charge in [-0.3, -0.25) is 4.79 Å². The second kappa shape index (κ2) is 5.80. The van der Waals surface area contributed by atoms with Crippen molar-refractivity contribution < 1.29 is 9.53 Å². The maximum atomic E-state index is 12.1. The molecule has 1 heterocycles. The molecule has 0 bridgehead atoms. The van der Waals surface area contributed by atoms with Gasteiger partial charge in [-0.2, -0.15) is 0 Å². The number of ether oxygens (including phenoxy) is 1. The highest BCUT2D eigenvalue weighted by Gasteiger charge is 2.33. The highest BCUT2D eigenvalue weighted by molar-refractivity contribution is 5.93. The molecule has 1 aromatic carbocycles. The standard InChI is InChI=1S/C13H18N2O2/c1-2-14-12-9-17-8-11(12)13(16)15-10-6-4-3-5-7-10/h3-7,11-12,14H,2,8-9H2,1H3,(H,15,16). The van der Waals surface area contributed by atoms with Gasteiger partial charge in [0, 0.05) is 11.7 Å². The number of nitrogens with one attached hydrogen (secondary N) is 2. The van der Waals surface area contributed by atoms with E-state index in [-0.39, 0.29) is 17.9 Å². The minimum Gasteiger partial charge on any atom is -0.379 e. The van der Waals surface area contributed by atoms with Crippen LogP contribution in [0.4, 0.5) is 5.69 Å². The Balaban J connectivity index is 1.95. The molecular weight excluding hydrogens is 216 g/mol. The van der Waals surface area contributed by atoms with E-state index < -0.39 is 0 Å². The highest BCUT2D eigenvalue weighted by atomic mass is 16.5. The molecule has 17 heavy (non-hydrogen) atoms. The summed E-state index contributed by atoms with van der Waals surface area (Å²) in [5, 5.41) is 6.19. The fraction of sp³-hybridized carbons (Fsp3) is 0.462. The van der Waals surface area contributed by atoms with Gasteiger partial charge in [0.2, 0.25) is 5.91 Å². The normalized spacial score (nSPS) is 23.6. The van der Waals surface area contributed by atoms with Gasteiger partial charge in [-0.25, -0.2) is 0 Å². The topological polar surface area (TPSA) is 50.4 Å². The van der Waals surface area contributed by atoms with Gasteiger partial charge in [0.15, 0.2) is 0 Å². The Labute approximate surface area is 101 Å². The van der Waals surface area contributed by atoms with Gasteiger partial charge >= 0.3 is 0 Å². The lowest BCUT2D eigenvalue weighted by Crippen LogP contribution is -2.41. The van der Waals surface area contributed by atoms with Gasteiger partial charge in [0.25, 0.3) is 0 Å². The summed E-state index contributed by atoms with van der Waals surface area (Å²) in [6.45, 7) is 3.99. The maximum Gasteiger partial charge on any atom is 0.231 e. The summed E-state index contributed by atoms with van der Waals surface area (Å²) in [5.41, 5.74) is 0.833. The number of amides is 1. The van der Waals surface area contributed by atoms with Crippen molar-refractivity contribution in [3.63, 3.8) is 0 Å². The molecule has 1 saturated heterocycles. The molecule has 2 N–H and O–H groups in total. The molecule has 92 valence electrons. The average molecular weight is 234 g/mol. The predicted molar refractivity (Wildman–Crippen MR) is 66.8 cm³/mol. The van der Waals surface area contributed by atoms with E-state index in [9.17, 15) is 4.79 Å². The van der Waals surface area contributed by atoms with Crippen LogP contribution in [0.1, 0.15) is 6.92 Å². The third-order valence-electron chi connectivity index (χ3n) is 2.92. The molecule has 0 aliphatic carbocycles. The predicted octanol–water partition coefficient (Wildman–Crippen LogP) is 1.25. The molecule has 1 aliphatic rings. The molecule has 2 rings (SSSR count). The molecule has 1 amide bonds. The van der Waals surface area contributed by atoms with Crippen molar-refractivity contribution in [3.8, 4) is 0 Å². The Kier molecular flexibility index (Phi) is 4.12. The molecule has 4 nitrogen and oxygen atoms in total. The van der Waals surface area contributed by atoms with Gasteiger partial charge in [0.1, 0.15) is 0 Å². The number of carbonyl (C=O) groups is 1. The Morgan fingerprint density at radius 3 is 2.82 bits per heavy atom. The quantitative estimate of drug-likeness (QED) is 0.824. The Hall–Kier alpha value is -1.39. The SMILES string of the molecule is CCNC1COCC1C(=O)Nc1ccccc1. The molecule has 4 heteroatoms. The summed E-state index contributed by atoms with van der Waals surface area (Å²) in [4.78, 5) is 12.1. The Morgan fingerprint density at radius 2 is 2.12 bits per heavy atom. The van der Waals surface area contributed by atoms with Gasteiger partial charge < -0.3 is 15.4 Å². The van der Waals surface area contributed by atoms with Crippen LogP contribution in [0.3, 0.4) is 0 Å². The fourth-order valence-electron chi connectivity index (χ4n) is 2.03. The van der Waals surface area contributed by atoms with E-state index in [0.29, 0.717) is 13.2 Å². The number of carbonyl (C=O) groups excluding carboxylic acids is 1. The van der Waals surface area contributed by atoms with E-state index in [1.807, 2.05) is 37.3 Å². The van der Waals surface area contributed by atoms with E-state index >= 15 is 0 Å². The maximum absolute atomic E-state index is 12.1. The number of likely N-dealkylation sites (N-methyl/N-ethyl adjacent to an activating group) is 1. The molecule has 1 aliphatic heterocycles. The highest BCUT2D eigenvalue weighted by Crippen LogP contribution is 2.16. The first-order chi connectivity index (χ1) is 8.31. The van der Waals surface area contributed by atoms with Gasteiger partial charge in [0.05, 0.1) is 19.1 Å². The van der Waals surface area contributed by atoms with Gasteiger partial charge in [-0.15, -0.1) is 0 Å². The average Bonchev–Trinajstić information content (AvgIpc) is 2.79. The summed E-state index contributed by atoms with van der Waals surface area (Å²) in [6, 6.07) is 9.64. The molecule has 2 unspecified atom stereocenters. The van der Waals surface area contributed by atoms with Crippen molar-refractivity contribution in [2.45, 2.75) is 13.0 Å². The molecular formula is C13H18N2O2. The molecule has 0 spiro atoms. The Morgan fingerprint density at radius 1 is 1.35 bits per heavy atom. The summed E-state index contributed by atoms with van der Waals surface area (Å²) in [7, 11) is 0. The number of para-hydroxylation sites is 1. The summed E-state index contributed by atoms with van der Waals surface area (Å²) >= 11 is 0. The smallest absolute Gasteiger partial charge is 0.231 e. The van der Waals surface area contributed by atoms with E-state index in [4.69, 9.17) is 4.74 Å². The van der Waals surface area contributed by atoms with E-state index in [1.54, 1.807) is 0 Å². The van der Waals surface area contributed by atoms with Gasteiger partial charge in [-0.05, 0) is 18.7 Å². The zero-order valence-electron chi connectivity index (χ0n) is 9.98. The van der Waals surface area contributed by atoms with E-state index in [1.165, 1.54) is 0 Å². The summed E-state index contributed by atoms with van der Waals surface area (Å²) in [6.07, 6.45) is 0. The summed E-state index contributed by atoms with van der Waals surface area (Å²) < 4.78 is 5.36. The molecule has 0 radical (unpaired) electrons. The molecule has 2 atom stereocenters. The minimum absolute atomic E-state index is 0.0275. The molecule has 1 aromatic rings. The van der Waals surface area contributed by atoms with Crippen LogP contribution in [-0.4, -0.2) is 31.7 Å². The first kappa shape index (κ1) is 12.1. The monoisotopic (exact) mass is 234 g/mol. The van der Waals surface area contributed by atoms with Crippen LogP contribution in [0.15, 0.2) is 30.3 Å². The number of hydrogen-bond donors (Lipinski definition) is 2. The Bertz CT molecular complexity index is 367. The zero-order valence-corrected chi connectivity index (χ0v) is 9.98. The first-order valence-corrected chi connectivity index (χ1v) is 5.98. The minimum atomic E-state index is -0.102. The van der Waals surface area contributed by atoms with E-state index in [0.717, 1.165) is 12.2 Å². The number of hydrogen-bond acceptors (Lipinski definition) is 3. The fourth-order valence-corrected chi connectivity index (χ4v) is 2.03. The first-order valence-electron chi connectivity index (χ1n) is 5.98. The zero-order chi connectivity index (χ0) is 12.1. The van der Waals surface area contributed by atoms with Gasteiger partial charge in [-0.1, -0.05) is 25.1 Å². The molecule has 0 aromatic heterocycles.